The summed E-state index contributed by atoms with van der Waals surface area (Å²) in [5.74, 6) is 0.0523. The number of carbonyl (C=O) groups is 2. The van der Waals surface area contributed by atoms with Crippen LogP contribution in [0.15, 0.2) is 54.6 Å². The Morgan fingerprint density at radius 3 is 2.52 bits per heavy atom. The fraction of sp³-hybridized carbons (Fsp3) is 0.318. The summed E-state index contributed by atoms with van der Waals surface area (Å²) in [5, 5.41) is 7.02. The van der Waals surface area contributed by atoms with E-state index in [9.17, 15) is 9.59 Å². The van der Waals surface area contributed by atoms with Crippen LogP contribution in [-0.4, -0.2) is 41.0 Å². The van der Waals surface area contributed by atoms with Crippen LogP contribution in [0.5, 0.6) is 0 Å². The second-order valence-electron chi connectivity index (χ2n) is 7.20. The average molecular weight is 409 g/mol. The van der Waals surface area contributed by atoms with Gasteiger partial charge < -0.3 is 15.5 Å². The predicted octanol–water partition coefficient (Wildman–Crippen LogP) is 4.04. The largest absolute Gasteiger partial charge is 0.353 e. The summed E-state index contributed by atoms with van der Waals surface area (Å²) in [6.07, 6.45) is 2.64. The Morgan fingerprint density at radius 1 is 1.03 bits per heavy atom. The van der Waals surface area contributed by atoms with Gasteiger partial charge >= 0.3 is 6.03 Å². The number of fused-ring (bicyclic) bond motifs is 1. The normalized spacial score (nSPS) is 14.7. The van der Waals surface area contributed by atoms with Crippen molar-refractivity contribution in [2.75, 3.05) is 18.4 Å². The number of aryl methyl sites for hydroxylation is 1. The first-order valence-corrected chi connectivity index (χ1v) is 10.7. The van der Waals surface area contributed by atoms with E-state index in [-0.39, 0.29) is 18.0 Å². The number of amides is 3. The number of benzene rings is 2. The molecule has 2 aromatic carbocycles. The molecule has 0 unspecified atom stereocenters. The highest BCUT2D eigenvalue weighted by molar-refractivity contribution is 7.18. The molecule has 1 aliphatic heterocycles. The van der Waals surface area contributed by atoms with E-state index >= 15 is 0 Å². The van der Waals surface area contributed by atoms with Crippen molar-refractivity contribution in [1.29, 1.82) is 0 Å². The van der Waals surface area contributed by atoms with Crippen molar-refractivity contribution in [2.24, 2.45) is 0 Å². The van der Waals surface area contributed by atoms with Crippen molar-refractivity contribution in [1.82, 2.24) is 15.2 Å². The van der Waals surface area contributed by atoms with E-state index in [4.69, 9.17) is 0 Å². The van der Waals surface area contributed by atoms with Gasteiger partial charge in [-0.15, -0.1) is 11.3 Å². The number of thiazole rings is 1. The third kappa shape index (κ3) is 5.12. The van der Waals surface area contributed by atoms with E-state index in [1.165, 1.54) is 0 Å². The molecule has 2 heterocycles. The first kappa shape index (κ1) is 19.4. The topological polar surface area (TPSA) is 74.3 Å². The zero-order valence-corrected chi connectivity index (χ0v) is 17.0. The van der Waals surface area contributed by atoms with Gasteiger partial charge in [0, 0.05) is 37.7 Å². The van der Waals surface area contributed by atoms with E-state index in [1.54, 1.807) is 16.2 Å². The summed E-state index contributed by atoms with van der Waals surface area (Å²) >= 11 is 1.65. The molecule has 3 aromatic rings. The Balaban J connectivity index is 1.20. The molecule has 7 heteroatoms. The number of likely N-dealkylation sites (tertiary alicyclic amines) is 1. The molecule has 1 aromatic heterocycles. The molecule has 2 N–H and O–H groups in total. The second-order valence-corrected chi connectivity index (χ2v) is 8.32. The molecular weight excluding hydrogens is 384 g/mol. The number of hydrogen-bond acceptors (Lipinski definition) is 4. The third-order valence-electron chi connectivity index (χ3n) is 5.08. The Hall–Kier alpha value is -2.93. The Labute approximate surface area is 173 Å². The molecule has 6 nitrogen and oxygen atoms in total. The number of nitrogens with zero attached hydrogens (tertiary/aromatic N) is 2. The molecule has 4 rings (SSSR count). The maximum atomic E-state index is 12.4. The monoisotopic (exact) mass is 408 g/mol. The number of aromatic nitrogens is 1. The van der Waals surface area contributed by atoms with Crippen LogP contribution in [0.3, 0.4) is 0 Å². The molecule has 1 aliphatic rings. The van der Waals surface area contributed by atoms with Crippen molar-refractivity contribution in [3.05, 3.63) is 59.6 Å². The summed E-state index contributed by atoms with van der Waals surface area (Å²) < 4.78 is 1.16. The third-order valence-corrected chi connectivity index (χ3v) is 6.17. The summed E-state index contributed by atoms with van der Waals surface area (Å²) in [5.41, 5.74) is 1.79. The van der Waals surface area contributed by atoms with E-state index in [0.717, 1.165) is 33.8 Å². The van der Waals surface area contributed by atoms with Crippen LogP contribution in [0.4, 0.5) is 10.5 Å². The molecule has 0 radical (unpaired) electrons. The van der Waals surface area contributed by atoms with Crippen LogP contribution in [0.25, 0.3) is 10.2 Å². The lowest BCUT2D eigenvalue weighted by molar-refractivity contribution is -0.122. The average Bonchev–Trinajstić information content (AvgIpc) is 3.17. The van der Waals surface area contributed by atoms with Gasteiger partial charge in [-0.1, -0.05) is 30.3 Å². The maximum absolute atomic E-state index is 12.4. The number of nitrogens with one attached hydrogen (secondary N) is 2. The molecule has 0 atom stereocenters. The molecule has 150 valence electrons. The molecule has 1 fully saturated rings. The van der Waals surface area contributed by atoms with Gasteiger partial charge in [-0.25, -0.2) is 9.78 Å². The molecule has 3 amide bonds. The van der Waals surface area contributed by atoms with Crippen LogP contribution in [0.1, 0.15) is 24.3 Å². The van der Waals surface area contributed by atoms with Gasteiger partial charge in [0.1, 0.15) is 0 Å². The van der Waals surface area contributed by atoms with Gasteiger partial charge in [-0.05, 0) is 37.1 Å². The van der Waals surface area contributed by atoms with E-state index < -0.39 is 0 Å². The van der Waals surface area contributed by atoms with Crippen LogP contribution < -0.4 is 10.6 Å². The van der Waals surface area contributed by atoms with Crippen LogP contribution in [0, 0.1) is 0 Å². The van der Waals surface area contributed by atoms with Crippen LogP contribution >= 0.6 is 11.3 Å². The zero-order valence-electron chi connectivity index (χ0n) is 16.1. The number of carbonyl (C=O) groups excluding carboxylic acids is 2. The van der Waals surface area contributed by atoms with Crippen molar-refractivity contribution >= 4 is 39.2 Å². The highest BCUT2D eigenvalue weighted by atomic mass is 32.1. The van der Waals surface area contributed by atoms with Crippen molar-refractivity contribution in [3.8, 4) is 0 Å². The van der Waals surface area contributed by atoms with Gasteiger partial charge in [-0.3, -0.25) is 4.79 Å². The molecule has 0 spiro atoms. The molecule has 0 bridgehead atoms. The quantitative estimate of drug-likeness (QED) is 0.669. The lowest BCUT2D eigenvalue weighted by atomic mass is 10.0. The molecular formula is C22H24N4O2S. The summed E-state index contributed by atoms with van der Waals surface area (Å²) in [6.45, 7) is 1.28. The fourth-order valence-electron chi connectivity index (χ4n) is 3.50. The minimum absolute atomic E-state index is 0.0523. The second kappa shape index (κ2) is 9.05. The number of para-hydroxylation sites is 2. The number of hydrogen-bond donors (Lipinski definition) is 2. The van der Waals surface area contributed by atoms with Crippen molar-refractivity contribution < 1.29 is 9.59 Å². The Bertz CT molecular complexity index is 948. The lowest BCUT2D eigenvalue weighted by Crippen LogP contribution is -2.47. The summed E-state index contributed by atoms with van der Waals surface area (Å²) in [4.78, 5) is 31.1. The summed E-state index contributed by atoms with van der Waals surface area (Å²) in [7, 11) is 0. The molecule has 29 heavy (non-hydrogen) atoms. The SMILES string of the molecule is O=C(CCc1nc2ccccc2s1)NC1CCN(C(=O)Nc2ccccc2)CC1. The highest BCUT2D eigenvalue weighted by Gasteiger charge is 2.24. The maximum Gasteiger partial charge on any atom is 0.321 e. The number of anilines is 1. The van der Waals surface area contributed by atoms with E-state index in [2.05, 4.69) is 21.7 Å². The highest BCUT2D eigenvalue weighted by Crippen LogP contribution is 2.22. The van der Waals surface area contributed by atoms with Crippen molar-refractivity contribution in [2.45, 2.75) is 31.7 Å². The van der Waals surface area contributed by atoms with E-state index in [0.29, 0.717) is 25.9 Å². The minimum atomic E-state index is -0.0863. The first-order chi connectivity index (χ1) is 14.2. The Morgan fingerprint density at radius 2 is 1.76 bits per heavy atom. The van der Waals surface area contributed by atoms with Gasteiger partial charge in [0.05, 0.1) is 15.2 Å². The summed E-state index contributed by atoms with van der Waals surface area (Å²) in [6, 6.07) is 17.5. The van der Waals surface area contributed by atoms with Gasteiger partial charge in [0.15, 0.2) is 0 Å². The van der Waals surface area contributed by atoms with E-state index in [1.807, 2.05) is 48.5 Å². The standard InChI is InChI=1S/C22H24N4O2S/c27-20(10-11-21-25-18-8-4-5-9-19(18)29-21)23-17-12-14-26(15-13-17)22(28)24-16-6-2-1-3-7-16/h1-9,17H,10-15H2,(H,23,27)(H,24,28). The zero-order chi connectivity index (χ0) is 20.1. The molecule has 0 saturated carbocycles. The Kier molecular flexibility index (Phi) is 6.05. The van der Waals surface area contributed by atoms with Gasteiger partial charge in [0.25, 0.3) is 0 Å². The number of urea groups is 1. The fourth-order valence-corrected chi connectivity index (χ4v) is 4.46. The first-order valence-electron chi connectivity index (χ1n) is 9.92. The predicted molar refractivity (Wildman–Crippen MR) is 116 cm³/mol. The smallest absolute Gasteiger partial charge is 0.321 e. The molecule has 0 aliphatic carbocycles. The van der Waals surface area contributed by atoms with Crippen LogP contribution in [-0.2, 0) is 11.2 Å². The van der Waals surface area contributed by atoms with Crippen LogP contribution in [0.2, 0.25) is 0 Å². The number of rotatable bonds is 5. The van der Waals surface area contributed by atoms with Gasteiger partial charge in [0.2, 0.25) is 5.91 Å². The number of piperidine rings is 1. The lowest BCUT2D eigenvalue weighted by Gasteiger charge is -2.32. The van der Waals surface area contributed by atoms with Gasteiger partial charge in [-0.2, -0.15) is 0 Å². The molecule has 1 saturated heterocycles. The minimum Gasteiger partial charge on any atom is -0.353 e. The van der Waals surface area contributed by atoms with Crippen molar-refractivity contribution in [3.63, 3.8) is 0 Å².